The first-order chi connectivity index (χ1) is 20.1. The molecule has 0 fully saturated rings. The Hall–Kier alpha value is -4.40. The maximum absolute atomic E-state index is 13.1. The van der Waals surface area contributed by atoms with Gasteiger partial charge in [0.1, 0.15) is 25.1 Å². The largest absolute Gasteiger partial charge is 0.496 e. The molecule has 0 bridgehead atoms. The molecule has 226 valence electrons. The molecule has 3 rings (SSSR count). The first-order valence-electron chi connectivity index (χ1n) is 12.9. The maximum atomic E-state index is 13.1. The van der Waals surface area contributed by atoms with Crippen molar-refractivity contribution in [2.24, 2.45) is 5.14 Å². The van der Waals surface area contributed by atoms with Crippen LogP contribution in [0.4, 0.5) is 9.59 Å². The Kier molecular flexibility index (Phi) is 11.9. The standard InChI is InChI=1S/C28H34N4O9S/c1-38-22(18-40-27(34)30-15-14-20-10-12-23(13-11-20)42(29,36)37)19-41-28(35)31-17-21-7-5-6-16-32(21)26(33)24-8-3-4-9-25(24)39-2/h3-13,22H,14-19H2,1-2H3,(H,30,34)(H,31,35)(H2,29,36,37). The van der Waals surface area contributed by atoms with E-state index in [9.17, 15) is 22.8 Å². The number of carbonyl (C=O) groups excluding carboxylic acids is 3. The van der Waals surface area contributed by atoms with Gasteiger partial charge in [0, 0.05) is 25.9 Å². The van der Waals surface area contributed by atoms with Gasteiger partial charge in [-0.25, -0.2) is 23.1 Å². The van der Waals surface area contributed by atoms with E-state index in [1.54, 1.807) is 48.6 Å². The summed E-state index contributed by atoms with van der Waals surface area (Å²) in [6, 6.07) is 12.9. The summed E-state index contributed by atoms with van der Waals surface area (Å²) in [5, 5.41) is 10.3. The molecule has 2 aromatic rings. The molecule has 13 nitrogen and oxygen atoms in total. The highest BCUT2D eigenvalue weighted by Gasteiger charge is 2.23. The van der Waals surface area contributed by atoms with E-state index in [1.807, 2.05) is 6.08 Å². The van der Waals surface area contributed by atoms with Crippen molar-refractivity contribution < 1.29 is 41.7 Å². The fourth-order valence-electron chi connectivity index (χ4n) is 3.83. The highest BCUT2D eigenvalue weighted by atomic mass is 32.2. The fraction of sp³-hybridized carbons (Fsp3) is 0.321. The van der Waals surface area contributed by atoms with Gasteiger partial charge in [0.2, 0.25) is 10.0 Å². The van der Waals surface area contributed by atoms with Gasteiger partial charge < -0.3 is 34.5 Å². The first-order valence-corrected chi connectivity index (χ1v) is 14.4. The highest BCUT2D eigenvalue weighted by Crippen LogP contribution is 2.22. The van der Waals surface area contributed by atoms with Crippen LogP contribution in [0.15, 0.2) is 77.4 Å². The molecule has 4 N–H and O–H groups in total. The molecule has 0 aromatic heterocycles. The number of carbonyl (C=O) groups is 3. The number of nitrogens with one attached hydrogen (secondary N) is 2. The molecular formula is C28H34N4O9S. The Morgan fingerprint density at radius 3 is 2.29 bits per heavy atom. The lowest BCUT2D eigenvalue weighted by Crippen LogP contribution is -2.39. The van der Waals surface area contributed by atoms with Gasteiger partial charge in [-0.15, -0.1) is 0 Å². The Morgan fingerprint density at radius 2 is 1.64 bits per heavy atom. The molecule has 2 aromatic carbocycles. The third kappa shape index (κ3) is 9.61. The summed E-state index contributed by atoms with van der Waals surface area (Å²) in [5.41, 5.74) is 1.76. The predicted molar refractivity (Wildman–Crippen MR) is 152 cm³/mol. The van der Waals surface area contributed by atoms with Gasteiger partial charge in [-0.1, -0.05) is 36.4 Å². The van der Waals surface area contributed by atoms with E-state index in [0.29, 0.717) is 30.0 Å². The van der Waals surface area contributed by atoms with Crippen molar-refractivity contribution in [2.75, 3.05) is 47.1 Å². The lowest BCUT2D eigenvalue weighted by molar-refractivity contribution is -0.00439. The third-order valence-corrected chi connectivity index (χ3v) is 7.05. The molecule has 0 radical (unpaired) electrons. The third-order valence-electron chi connectivity index (χ3n) is 6.12. The molecule has 0 saturated carbocycles. The van der Waals surface area contributed by atoms with Crippen LogP contribution in [0.3, 0.4) is 0 Å². The van der Waals surface area contributed by atoms with Crippen LogP contribution in [-0.2, 0) is 30.7 Å². The van der Waals surface area contributed by atoms with E-state index < -0.39 is 28.3 Å². The molecule has 1 aliphatic rings. The number of benzene rings is 2. The van der Waals surface area contributed by atoms with Crippen molar-refractivity contribution in [1.29, 1.82) is 0 Å². The average molecular weight is 603 g/mol. The molecule has 1 aliphatic heterocycles. The molecular weight excluding hydrogens is 568 g/mol. The van der Waals surface area contributed by atoms with Crippen LogP contribution in [-0.4, -0.2) is 84.6 Å². The summed E-state index contributed by atoms with van der Waals surface area (Å²) in [6.45, 7) is 0.247. The number of amides is 3. The van der Waals surface area contributed by atoms with Crippen LogP contribution in [0.5, 0.6) is 5.75 Å². The van der Waals surface area contributed by atoms with Gasteiger partial charge in [-0.3, -0.25) is 4.79 Å². The number of hydrogen-bond donors (Lipinski definition) is 3. The van der Waals surface area contributed by atoms with E-state index in [4.69, 9.17) is 24.1 Å². The number of alkyl carbamates (subject to hydrolysis) is 2. The minimum absolute atomic E-state index is 0.00420. The molecule has 0 aliphatic carbocycles. The number of primary sulfonamides is 1. The van der Waals surface area contributed by atoms with Crippen molar-refractivity contribution in [1.82, 2.24) is 15.5 Å². The van der Waals surface area contributed by atoms with Gasteiger partial charge >= 0.3 is 12.2 Å². The van der Waals surface area contributed by atoms with Crippen LogP contribution in [0.1, 0.15) is 15.9 Å². The van der Waals surface area contributed by atoms with Gasteiger partial charge in [0.15, 0.2) is 0 Å². The molecule has 3 amide bonds. The molecule has 1 unspecified atom stereocenters. The average Bonchev–Trinajstić information content (AvgIpc) is 2.99. The Morgan fingerprint density at radius 1 is 0.976 bits per heavy atom. The number of allylic oxidation sites excluding steroid dienone is 2. The second-order valence-corrected chi connectivity index (χ2v) is 10.5. The van der Waals surface area contributed by atoms with Crippen molar-refractivity contribution in [3.05, 3.63) is 83.6 Å². The lowest BCUT2D eigenvalue weighted by Gasteiger charge is -2.27. The number of sulfonamides is 1. The van der Waals surface area contributed by atoms with Crippen LogP contribution < -0.4 is 20.5 Å². The maximum Gasteiger partial charge on any atom is 0.407 e. The summed E-state index contributed by atoms with van der Waals surface area (Å²) >= 11 is 0. The lowest BCUT2D eigenvalue weighted by atomic mass is 10.1. The SMILES string of the molecule is COc1ccccc1C(=O)N1CC=CC=C1CNC(=O)OCC(COC(=O)NCCc1ccc(S(N)(=O)=O)cc1)OC. The van der Waals surface area contributed by atoms with Crippen molar-refractivity contribution in [3.8, 4) is 5.75 Å². The van der Waals surface area contributed by atoms with Gasteiger partial charge in [0.25, 0.3) is 5.91 Å². The number of methoxy groups -OCH3 is 2. The smallest absolute Gasteiger partial charge is 0.407 e. The summed E-state index contributed by atoms with van der Waals surface area (Å²) in [4.78, 5) is 39.0. The summed E-state index contributed by atoms with van der Waals surface area (Å²) in [5.74, 6) is 0.176. The molecule has 42 heavy (non-hydrogen) atoms. The van der Waals surface area contributed by atoms with Gasteiger partial charge in [-0.2, -0.15) is 0 Å². The summed E-state index contributed by atoms with van der Waals surface area (Å²) in [7, 11) is -0.889. The number of nitrogens with two attached hydrogens (primary N) is 1. The topological polar surface area (TPSA) is 176 Å². The second kappa shape index (κ2) is 15.6. The van der Waals surface area contributed by atoms with Crippen LogP contribution in [0.25, 0.3) is 0 Å². The number of para-hydroxylation sites is 1. The monoisotopic (exact) mass is 602 g/mol. The van der Waals surface area contributed by atoms with E-state index in [0.717, 1.165) is 5.56 Å². The molecule has 14 heteroatoms. The van der Waals surface area contributed by atoms with Crippen LogP contribution >= 0.6 is 0 Å². The molecule has 1 heterocycles. The molecule has 1 atom stereocenters. The zero-order chi connectivity index (χ0) is 30.5. The van der Waals surface area contributed by atoms with Crippen LogP contribution in [0.2, 0.25) is 0 Å². The van der Waals surface area contributed by atoms with Gasteiger partial charge in [-0.05, 0) is 42.3 Å². The fourth-order valence-corrected chi connectivity index (χ4v) is 4.34. The zero-order valence-corrected chi connectivity index (χ0v) is 24.1. The number of ether oxygens (including phenoxy) is 4. The number of nitrogens with zero attached hydrogens (tertiary/aromatic N) is 1. The highest BCUT2D eigenvalue weighted by molar-refractivity contribution is 7.89. The number of hydrogen-bond acceptors (Lipinski definition) is 9. The molecule has 0 saturated heterocycles. The van der Waals surface area contributed by atoms with Crippen LogP contribution in [0, 0.1) is 0 Å². The van der Waals surface area contributed by atoms with E-state index in [2.05, 4.69) is 10.6 Å². The predicted octanol–water partition coefficient (Wildman–Crippen LogP) is 1.95. The minimum atomic E-state index is -3.77. The summed E-state index contributed by atoms with van der Waals surface area (Å²) < 4.78 is 43.5. The van der Waals surface area contributed by atoms with E-state index in [-0.39, 0.29) is 37.1 Å². The normalized spacial score (nSPS) is 13.5. The van der Waals surface area contributed by atoms with Gasteiger partial charge in [0.05, 0.1) is 24.1 Å². The molecule has 0 spiro atoms. The van der Waals surface area contributed by atoms with E-state index in [1.165, 1.54) is 31.3 Å². The van der Waals surface area contributed by atoms with E-state index >= 15 is 0 Å². The number of rotatable bonds is 13. The minimum Gasteiger partial charge on any atom is -0.496 e. The van der Waals surface area contributed by atoms with Crippen molar-refractivity contribution >= 4 is 28.1 Å². The summed E-state index contributed by atoms with van der Waals surface area (Å²) in [6.07, 6.45) is 3.62. The Balaban J connectivity index is 1.38. The van der Waals surface area contributed by atoms with Crippen molar-refractivity contribution in [2.45, 2.75) is 17.4 Å². The van der Waals surface area contributed by atoms with Crippen molar-refractivity contribution in [3.63, 3.8) is 0 Å². The second-order valence-electron chi connectivity index (χ2n) is 8.98. The zero-order valence-electron chi connectivity index (χ0n) is 23.3. The first kappa shape index (κ1) is 32.1. The quantitative estimate of drug-likeness (QED) is 0.309. The Bertz CT molecular complexity index is 1410. The Labute approximate surface area is 244 Å².